The number of carbonyl (C=O) groups excluding carboxylic acids is 2. The maximum Gasteiger partial charge on any atom is 0.253 e. The van der Waals surface area contributed by atoms with E-state index in [2.05, 4.69) is 16.0 Å². The Morgan fingerprint density at radius 3 is 2.57 bits per heavy atom. The van der Waals surface area contributed by atoms with Crippen molar-refractivity contribution in [1.82, 2.24) is 10.6 Å². The molecule has 0 spiro atoms. The van der Waals surface area contributed by atoms with Crippen LogP contribution >= 0.6 is 0 Å². The molecule has 0 aliphatic carbocycles. The van der Waals surface area contributed by atoms with E-state index in [1.54, 1.807) is 24.3 Å². The Morgan fingerprint density at radius 1 is 1.19 bits per heavy atom. The minimum absolute atomic E-state index is 0.0910. The van der Waals surface area contributed by atoms with Gasteiger partial charge in [0.05, 0.1) is 11.3 Å². The Balaban J connectivity index is 2.74. The minimum Gasteiger partial charge on any atom is -0.352 e. The number of hydrogen-bond acceptors (Lipinski definition) is 3. The van der Waals surface area contributed by atoms with Crippen LogP contribution in [0.25, 0.3) is 0 Å². The first-order valence-electron chi connectivity index (χ1n) is 7.48. The molecule has 5 nitrogen and oxygen atoms in total. The molecule has 1 atom stereocenters. The summed E-state index contributed by atoms with van der Waals surface area (Å²) in [5, 5.41) is 8.80. The molecule has 2 amide bonds. The number of nitrogens with one attached hydrogen (secondary N) is 3. The minimum atomic E-state index is -0.160. The van der Waals surface area contributed by atoms with Gasteiger partial charge in [0, 0.05) is 19.0 Å². The van der Waals surface area contributed by atoms with E-state index in [9.17, 15) is 9.59 Å². The Morgan fingerprint density at radius 2 is 1.90 bits per heavy atom. The SMILES string of the molecule is CCCNC(=O)c1ccccc1NC(=O)C(C)CNCC. The topological polar surface area (TPSA) is 70.2 Å². The standard InChI is InChI=1S/C16H25N3O2/c1-4-10-18-16(21)13-8-6-7-9-14(13)19-15(20)12(3)11-17-5-2/h6-9,12,17H,4-5,10-11H2,1-3H3,(H,18,21)(H,19,20). The van der Waals surface area contributed by atoms with Crippen molar-refractivity contribution in [3.05, 3.63) is 29.8 Å². The molecular weight excluding hydrogens is 266 g/mol. The molecule has 21 heavy (non-hydrogen) atoms. The van der Waals surface area contributed by atoms with Gasteiger partial charge in [-0.2, -0.15) is 0 Å². The molecule has 5 heteroatoms. The van der Waals surface area contributed by atoms with E-state index < -0.39 is 0 Å². The molecule has 1 aromatic carbocycles. The molecule has 1 rings (SSSR count). The van der Waals surface area contributed by atoms with Crippen molar-refractivity contribution in [3.63, 3.8) is 0 Å². The lowest BCUT2D eigenvalue weighted by Gasteiger charge is -2.15. The summed E-state index contributed by atoms with van der Waals surface area (Å²) < 4.78 is 0. The third kappa shape index (κ3) is 5.55. The fourth-order valence-corrected chi connectivity index (χ4v) is 1.83. The predicted octanol–water partition coefficient (Wildman–Crippen LogP) is 2.01. The van der Waals surface area contributed by atoms with Gasteiger partial charge in [-0.25, -0.2) is 0 Å². The van der Waals surface area contributed by atoms with E-state index in [1.165, 1.54) is 0 Å². The van der Waals surface area contributed by atoms with Crippen molar-refractivity contribution in [2.45, 2.75) is 27.2 Å². The first-order valence-corrected chi connectivity index (χ1v) is 7.48. The number of rotatable bonds is 8. The van der Waals surface area contributed by atoms with Crippen LogP contribution < -0.4 is 16.0 Å². The zero-order chi connectivity index (χ0) is 15.7. The summed E-state index contributed by atoms with van der Waals surface area (Å²) in [7, 11) is 0. The second-order valence-electron chi connectivity index (χ2n) is 5.00. The molecule has 0 aliphatic heterocycles. The maximum absolute atomic E-state index is 12.1. The molecule has 1 aromatic rings. The van der Waals surface area contributed by atoms with E-state index in [-0.39, 0.29) is 17.7 Å². The van der Waals surface area contributed by atoms with Crippen LogP contribution in [0.1, 0.15) is 37.6 Å². The molecule has 0 fully saturated rings. The highest BCUT2D eigenvalue weighted by Gasteiger charge is 2.16. The molecule has 0 aromatic heterocycles. The second-order valence-corrected chi connectivity index (χ2v) is 5.00. The number of hydrogen-bond donors (Lipinski definition) is 3. The average Bonchev–Trinajstić information content (AvgIpc) is 2.50. The van der Waals surface area contributed by atoms with Crippen molar-refractivity contribution in [2.75, 3.05) is 25.0 Å². The van der Waals surface area contributed by atoms with Crippen molar-refractivity contribution >= 4 is 17.5 Å². The number of benzene rings is 1. The van der Waals surface area contributed by atoms with Gasteiger partial charge in [-0.3, -0.25) is 9.59 Å². The first kappa shape index (κ1) is 17.2. The Kier molecular flexibility index (Phi) is 7.46. The van der Waals surface area contributed by atoms with Crippen LogP contribution in [0, 0.1) is 5.92 Å². The van der Waals surface area contributed by atoms with Gasteiger partial charge in [0.1, 0.15) is 0 Å². The second kappa shape index (κ2) is 9.13. The van der Waals surface area contributed by atoms with E-state index >= 15 is 0 Å². The van der Waals surface area contributed by atoms with E-state index in [0.717, 1.165) is 13.0 Å². The molecule has 0 aliphatic rings. The van der Waals surface area contributed by atoms with Gasteiger partial charge in [-0.05, 0) is 25.1 Å². The number of anilines is 1. The molecule has 0 bridgehead atoms. The van der Waals surface area contributed by atoms with Crippen LogP contribution in [-0.2, 0) is 4.79 Å². The van der Waals surface area contributed by atoms with Gasteiger partial charge in [-0.1, -0.05) is 32.9 Å². The summed E-state index contributed by atoms with van der Waals surface area (Å²) in [5.74, 6) is -0.407. The molecule has 1 unspecified atom stereocenters. The highest BCUT2D eigenvalue weighted by atomic mass is 16.2. The smallest absolute Gasteiger partial charge is 0.253 e. The highest BCUT2D eigenvalue weighted by molar-refractivity contribution is 6.04. The van der Waals surface area contributed by atoms with Crippen molar-refractivity contribution < 1.29 is 9.59 Å². The van der Waals surface area contributed by atoms with Gasteiger partial charge in [0.25, 0.3) is 5.91 Å². The van der Waals surface area contributed by atoms with E-state index in [1.807, 2.05) is 20.8 Å². The van der Waals surface area contributed by atoms with Crippen LogP contribution in [0.15, 0.2) is 24.3 Å². The molecular formula is C16H25N3O2. The van der Waals surface area contributed by atoms with Gasteiger partial charge in [0.2, 0.25) is 5.91 Å². The van der Waals surface area contributed by atoms with Crippen molar-refractivity contribution in [1.29, 1.82) is 0 Å². The average molecular weight is 291 g/mol. The molecule has 116 valence electrons. The summed E-state index contributed by atoms with van der Waals surface area (Å²) in [4.78, 5) is 24.2. The Labute approximate surface area is 126 Å². The Bertz CT molecular complexity index is 474. The number of para-hydroxylation sites is 1. The summed E-state index contributed by atoms with van der Waals surface area (Å²) >= 11 is 0. The third-order valence-electron chi connectivity index (χ3n) is 3.11. The lowest BCUT2D eigenvalue weighted by Crippen LogP contribution is -2.31. The van der Waals surface area contributed by atoms with Crippen LogP contribution in [0.2, 0.25) is 0 Å². The largest absolute Gasteiger partial charge is 0.352 e. The van der Waals surface area contributed by atoms with Gasteiger partial charge < -0.3 is 16.0 Å². The molecule has 0 radical (unpaired) electrons. The fourth-order valence-electron chi connectivity index (χ4n) is 1.83. The zero-order valence-corrected chi connectivity index (χ0v) is 13.0. The van der Waals surface area contributed by atoms with E-state index in [0.29, 0.717) is 24.3 Å². The summed E-state index contributed by atoms with van der Waals surface area (Å²) in [5.41, 5.74) is 1.05. The monoisotopic (exact) mass is 291 g/mol. The fraction of sp³-hybridized carbons (Fsp3) is 0.500. The van der Waals surface area contributed by atoms with Crippen molar-refractivity contribution in [2.24, 2.45) is 5.92 Å². The van der Waals surface area contributed by atoms with Gasteiger partial charge in [0.15, 0.2) is 0 Å². The van der Waals surface area contributed by atoms with Gasteiger partial charge >= 0.3 is 0 Å². The molecule has 0 saturated heterocycles. The quantitative estimate of drug-likeness (QED) is 0.686. The van der Waals surface area contributed by atoms with Gasteiger partial charge in [-0.15, -0.1) is 0 Å². The van der Waals surface area contributed by atoms with Crippen molar-refractivity contribution in [3.8, 4) is 0 Å². The molecule has 0 saturated carbocycles. The highest BCUT2D eigenvalue weighted by Crippen LogP contribution is 2.16. The molecule has 3 N–H and O–H groups in total. The number of amides is 2. The van der Waals surface area contributed by atoms with Crippen LogP contribution in [0.5, 0.6) is 0 Å². The normalized spacial score (nSPS) is 11.8. The summed E-state index contributed by atoms with van der Waals surface area (Å²) in [6.45, 7) is 7.92. The summed E-state index contributed by atoms with van der Waals surface area (Å²) in [6, 6.07) is 7.06. The Hall–Kier alpha value is -1.88. The predicted molar refractivity (Wildman–Crippen MR) is 85.4 cm³/mol. The summed E-state index contributed by atoms with van der Waals surface area (Å²) in [6.07, 6.45) is 0.875. The first-order chi connectivity index (χ1) is 10.1. The zero-order valence-electron chi connectivity index (χ0n) is 13.0. The number of carbonyl (C=O) groups is 2. The maximum atomic E-state index is 12.1. The lowest BCUT2D eigenvalue weighted by molar-refractivity contribution is -0.119. The van der Waals surface area contributed by atoms with Crippen LogP contribution in [0.3, 0.4) is 0 Å². The van der Waals surface area contributed by atoms with Crippen LogP contribution in [-0.4, -0.2) is 31.4 Å². The van der Waals surface area contributed by atoms with E-state index in [4.69, 9.17) is 0 Å². The van der Waals surface area contributed by atoms with Crippen LogP contribution in [0.4, 0.5) is 5.69 Å². The lowest BCUT2D eigenvalue weighted by atomic mass is 10.1. The third-order valence-corrected chi connectivity index (χ3v) is 3.11. The molecule has 0 heterocycles.